The minimum absolute atomic E-state index is 0.0465. The number of aryl methyl sites for hydroxylation is 1. The molecular weight excluding hydrogens is 612 g/mol. The number of ether oxygens (including phenoxy) is 2. The summed E-state index contributed by atoms with van der Waals surface area (Å²) in [4.78, 5) is 30.1. The lowest BCUT2D eigenvalue weighted by molar-refractivity contribution is -0.385. The molecule has 0 aliphatic heterocycles. The van der Waals surface area contributed by atoms with Crippen LogP contribution in [0.25, 0.3) is 22.3 Å². The number of methoxy groups -OCH3 is 1. The highest BCUT2D eigenvalue weighted by Crippen LogP contribution is 2.35. The van der Waals surface area contributed by atoms with E-state index >= 15 is 0 Å². The Balaban J connectivity index is 1.67. The number of nitro groups is 1. The van der Waals surface area contributed by atoms with E-state index in [-0.39, 0.29) is 29.5 Å². The third-order valence-corrected chi connectivity index (χ3v) is 7.55. The molecule has 218 valence electrons. The van der Waals surface area contributed by atoms with Crippen LogP contribution in [0, 0.1) is 17.0 Å². The average Bonchev–Trinajstić information content (AvgIpc) is 3.00. The SMILES string of the molecule is COc1cc(C)c(-c2nc3ccccc3c(=O)n2N=Cc2cccc([N+](=O)[O-])c2OCc2ccc(Br)cc2)cc1C(C)C. The Labute approximate surface area is 256 Å². The lowest BCUT2D eigenvalue weighted by atomic mass is 9.96. The number of para-hydroxylation sites is 2. The summed E-state index contributed by atoms with van der Waals surface area (Å²) < 4.78 is 13.7. The van der Waals surface area contributed by atoms with Crippen molar-refractivity contribution in [1.29, 1.82) is 0 Å². The number of fused-ring (bicyclic) bond motifs is 1. The van der Waals surface area contributed by atoms with Gasteiger partial charge in [-0.3, -0.25) is 14.9 Å². The van der Waals surface area contributed by atoms with Gasteiger partial charge in [0.25, 0.3) is 5.56 Å². The van der Waals surface area contributed by atoms with Gasteiger partial charge in [-0.25, -0.2) is 4.98 Å². The number of hydrogen-bond donors (Lipinski definition) is 0. The predicted molar refractivity (Wildman–Crippen MR) is 171 cm³/mol. The number of nitro benzene ring substituents is 1. The summed E-state index contributed by atoms with van der Waals surface area (Å²) in [6.07, 6.45) is 1.40. The van der Waals surface area contributed by atoms with E-state index in [1.54, 1.807) is 37.4 Å². The van der Waals surface area contributed by atoms with E-state index in [0.29, 0.717) is 22.3 Å². The van der Waals surface area contributed by atoms with Crippen LogP contribution < -0.4 is 15.0 Å². The van der Waals surface area contributed by atoms with E-state index in [1.807, 2.05) is 49.4 Å². The fraction of sp³-hybridized carbons (Fsp3) is 0.182. The van der Waals surface area contributed by atoms with Gasteiger partial charge in [-0.1, -0.05) is 60.1 Å². The summed E-state index contributed by atoms with van der Waals surface area (Å²) >= 11 is 3.41. The zero-order valence-corrected chi connectivity index (χ0v) is 25.7. The molecule has 43 heavy (non-hydrogen) atoms. The fourth-order valence-corrected chi connectivity index (χ4v) is 5.04. The highest BCUT2D eigenvalue weighted by molar-refractivity contribution is 9.10. The van der Waals surface area contributed by atoms with Gasteiger partial charge >= 0.3 is 5.69 Å². The van der Waals surface area contributed by atoms with Crippen LogP contribution in [0.4, 0.5) is 5.69 Å². The Hall–Kier alpha value is -4.83. The van der Waals surface area contributed by atoms with E-state index < -0.39 is 4.92 Å². The number of nitrogens with zero attached hydrogens (tertiary/aromatic N) is 4. The minimum atomic E-state index is -0.502. The second kappa shape index (κ2) is 12.6. The largest absolute Gasteiger partial charge is 0.496 e. The van der Waals surface area contributed by atoms with E-state index in [9.17, 15) is 14.9 Å². The maximum Gasteiger partial charge on any atom is 0.311 e. The lowest BCUT2D eigenvalue weighted by Crippen LogP contribution is -2.21. The summed E-state index contributed by atoms with van der Waals surface area (Å²) in [5, 5.41) is 16.9. The molecule has 0 spiro atoms. The molecule has 0 aliphatic carbocycles. The normalized spacial score (nSPS) is 11.4. The average molecular weight is 642 g/mol. The summed E-state index contributed by atoms with van der Waals surface area (Å²) in [6, 6.07) is 23.0. The van der Waals surface area contributed by atoms with Gasteiger partial charge in [0.1, 0.15) is 12.4 Å². The first-order valence-electron chi connectivity index (χ1n) is 13.6. The predicted octanol–water partition coefficient (Wildman–Crippen LogP) is 7.64. The van der Waals surface area contributed by atoms with Gasteiger partial charge in [0.2, 0.25) is 5.75 Å². The van der Waals surface area contributed by atoms with Gasteiger partial charge in [-0.15, -0.1) is 0 Å². The van der Waals surface area contributed by atoms with Crippen molar-refractivity contribution in [3.63, 3.8) is 0 Å². The molecule has 0 aliphatic rings. The Morgan fingerprint density at radius 2 is 1.81 bits per heavy atom. The van der Waals surface area contributed by atoms with Crippen LogP contribution in [-0.2, 0) is 6.61 Å². The molecule has 1 heterocycles. The van der Waals surface area contributed by atoms with Crippen LogP contribution in [0.3, 0.4) is 0 Å². The first-order chi connectivity index (χ1) is 20.7. The molecule has 0 fully saturated rings. The standard InChI is InChI=1S/C33H29BrN4O5/c1-20(2)26-17-27(21(3)16-30(26)42-4)32-36-28-10-6-5-9-25(28)33(39)37(32)35-18-23-8-7-11-29(38(40)41)31(23)43-19-22-12-14-24(34)15-13-22/h5-18,20H,19H2,1-4H3. The van der Waals surface area contributed by atoms with Crippen LogP contribution >= 0.6 is 15.9 Å². The van der Waals surface area contributed by atoms with E-state index in [4.69, 9.17) is 14.5 Å². The molecular formula is C33H29BrN4O5. The first-order valence-corrected chi connectivity index (χ1v) is 14.4. The van der Waals surface area contributed by atoms with Gasteiger partial charge in [0.05, 0.1) is 29.2 Å². The second-order valence-electron chi connectivity index (χ2n) is 10.2. The van der Waals surface area contributed by atoms with Gasteiger partial charge in [0.15, 0.2) is 5.82 Å². The molecule has 10 heteroatoms. The lowest BCUT2D eigenvalue weighted by Gasteiger charge is -2.17. The molecule has 0 saturated heterocycles. The minimum Gasteiger partial charge on any atom is -0.496 e. The maximum atomic E-state index is 13.8. The monoisotopic (exact) mass is 640 g/mol. The zero-order valence-electron chi connectivity index (χ0n) is 24.1. The van der Waals surface area contributed by atoms with E-state index in [0.717, 1.165) is 32.5 Å². The van der Waals surface area contributed by atoms with Crippen LogP contribution in [0.1, 0.15) is 42.0 Å². The molecule has 0 amide bonds. The molecule has 0 saturated carbocycles. The van der Waals surface area contributed by atoms with Gasteiger partial charge in [0, 0.05) is 21.7 Å². The molecule has 0 radical (unpaired) electrons. The highest BCUT2D eigenvalue weighted by Gasteiger charge is 2.21. The van der Waals surface area contributed by atoms with Crippen molar-refractivity contribution in [3.8, 4) is 22.9 Å². The summed E-state index contributed by atoms with van der Waals surface area (Å²) in [6.45, 7) is 6.15. The summed E-state index contributed by atoms with van der Waals surface area (Å²) in [7, 11) is 1.63. The van der Waals surface area contributed by atoms with E-state index in [2.05, 4.69) is 34.9 Å². The Kier molecular flexibility index (Phi) is 8.68. The molecule has 0 atom stereocenters. The smallest absolute Gasteiger partial charge is 0.311 e. The summed E-state index contributed by atoms with van der Waals surface area (Å²) in [5.74, 6) is 1.28. The van der Waals surface area contributed by atoms with Gasteiger partial charge in [-0.2, -0.15) is 9.78 Å². The third-order valence-electron chi connectivity index (χ3n) is 7.02. The maximum absolute atomic E-state index is 13.8. The molecule has 5 rings (SSSR count). The molecule has 0 N–H and O–H groups in total. The van der Waals surface area contributed by atoms with Crippen molar-refractivity contribution in [1.82, 2.24) is 9.66 Å². The van der Waals surface area contributed by atoms with Crippen molar-refractivity contribution in [2.24, 2.45) is 5.10 Å². The Bertz CT molecular complexity index is 1920. The number of benzene rings is 4. The topological polar surface area (TPSA) is 109 Å². The molecule has 0 unspecified atom stereocenters. The van der Waals surface area contributed by atoms with Crippen molar-refractivity contribution < 1.29 is 14.4 Å². The molecule has 9 nitrogen and oxygen atoms in total. The van der Waals surface area contributed by atoms with Gasteiger partial charge < -0.3 is 9.47 Å². The third kappa shape index (κ3) is 6.19. The van der Waals surface area contributed by atoms with Crippen molar-refractivity contribution in [2.75, 3.05) is 7.11 Å². The molecule has 1 aromatic heterocycles. The van der Waals surface area contributed by atoms with Crippen LogP contribution in [0.2, 0.25) is 0 Å². The van der Waals surface area contributed by atoms with E-state index in [1.165, 1.54) is 17.0 Å². The highest BCUT2D eigenvalue weighted by atomic mass is 79.9. The quantitative estimate of drug-likeness (QED) is 0.0930. The van der Waals surface area contributed by atoms with Crippen LogP contribution in [-0.4, -0.2) is 27.9 Å². The number of halogens is 1. The second-order valence-corrected chi connectivity index (χ2v) is 11.2. The van der Waals surface area contributed by atoms with Gasteiger partial charge in [-0.05, 0) is 72.0 Å². The van der Waals surface area contributed by atoms with Crippen molar-refractivity contribution in [3.05, 3.63) is 126 Å². The zero-order chi connectivity index (χ0) is 30.7. The van der Waals surface area contributed by atoms with Crippen LogP contribution in [0.15, 0.2) is 93.2 Å². The van der Waals surface area contributed by atoms with Crippen molar-refractivity contribution in [2.45, 2.75) is 33.3 Å². The number of aromatic nitrogens is 2. The fourth-order valence-electron chi connectivity index (χ4n) is 4.77. The summed E-state index contributed by atoms with van der Waals surface area (Å²) in [5.41, 5.74) is 3.65. The first kappa shape index (κ1) is 29.7. The Morgan fingerprint density at radius 3 is 2.51 bits per heavy atom. The number of rotatable bonds is 9. The number of hydrogen-bond acceptors (Lipinski definition) is 7. The van der Waals surface area contributed by atoms with Crippen LogP contribution in [0.5, 0.6) is 11.5 Å². The molecule has 5 aromatic rings. The Morgan fingerprint density at radius 1 is 1.07 bits per heavy atom. The molecule has 4 aromatic carbocycles. The van der Waals surface area contributed by atoms with Crippen molar-refractivity contribution >= 4 is 38.7 Å². The molecule has 0 bridgehead atoms.